The molecule has 0 saturated heterocycles. The summed E-state index contributed by atoms with van der Waals surface area (Å²) in [5.74, 6) is -0.547. The lowest BCUT2D eigenvalue weighted by Crippen LogP contribution is -2.24. The van der Waals surface area contributed by atoms with Gasteiger partial charge in [0.15, 0.2) is 0 Å². The van der Waals surface area contributed by atoms with Gasteiger partial charge in [-0.15, -0.1) is 0 Å². The van der Waals surface area contributed by atoms with Crippen molar-refractivity contribution in [3.8, 4) is 0 Å². The summed E-state index contributed by atoms with van der Waals surface area (Å²) in [5, 5.41) is 0. The van der Waals surface area contributed by atoms with Crippen molar-refractivity contribution in [2.24, 2.45) is 0 Å². The summed E-state index contributed by atoms with van der Waals surface area (Å²) in [4.78, 5) is 11.3. The molecule has 0 aliphatic carbocycles. The van der Waals surface area contributed by atoms with Crippen molar-refractivity contribution in [3.63, 3.8) is 0 Å². The smallest absolute Gasteiger partial charge is 0.342 e. The summed E-state index contributed by atoms with van der Waals surface area (Å²) < 4.78 is 3.58. The Morgan fingerprint density at radius 1 is 0.810 bits per heavy atom. The molecule has 21 heavy (non-hydrogen) atoms. The molecule has 0 aromatic carbocycles. The normalized spacial score (nSPS) is 11.6. The third-order valence-electron chi connectivity index (χ3n) is 3.59. The Labute approximate surface area is 140 Å². The molecule has 0 N–H and O–H groups in total. The fraction of sp³-hybridized carbons (Fsp3) is 0.941. The molecular weight excluding hydrogens is 307 g/mol. The summed E-state index contributed by atoms with van der Waals surface area (Å²) in [6.45, 7) is 4.11. The van der Waals surface area contributed by atoms with E-state index in [4.69, 9.17) is 27.9 Å². The molecule has 0 rings (SSSR count). The number of hydrogen-bond donors (Lipinski definition) is 0. The van der Waals surface area contributed by atoms with E-state index in [-0.39, 0.29) is 0 Å². The molecule has 0 amide bonds. The average Bonchev–Trinajstić information content (AvgIpc) is 2.42. The minimum Gasteiger partial charge on any atom is -0.463 e. The van der Waals surface area contributed by atoms with Crippen LogP contribution in [0.15, 0.2) is 0 Å². The standard InChI is InChI=1S/C17H32Cl2O2/c1-3-4-5-6-7-8-9-10-11-12-13-14-15-21-16(20)17(2,18)19/h3-15H2,1-2H3. The van der Waals surface area contributed by atoms with Crippen LogP contribution >= 0.6 is 23.2 Å². The molecule has 0 radical (unpaired) electrons. The van der Waals surface area contributed by atoms with E-state index in [2.05, 4.69) is 6.92 Å². The highest BCUT2D eigenvalue weighted by atomic mass is 35.5. The number of rotatable bonds is 14. The van der Waals surface area contributed by atoms with E-state index >= 15 is 0 Å². The van der Waals surface area contributed by atoms with Crippen molar-refractivity contribution in [1.29, 1.82) is 0 Å². The number of carbonyl (C=O) groups excluding carboxylic acids is 1. The van der Waals surface area contributed by atoms with Gasteiger partial charge in [0.2, 0.25) is 4.33 Å². The molecule has 0 spiro atoms. The molecule has 0 aliphatic heterocycles. The van der Waals surface area contributed by atoms with E-state index in [1.54, 1.807) is 0 Å². The molecule has 0 fully saturated rings. The van der Waals surface area contributed by atoms with E-state index in [9.17, 15) is 4.79 Å². The second-order valence-corrected chi connectivity index (χ2v) is 7.62. The van der Waals surface area contributed by atoms with E-state index in [1.165, 1.54) is 71.1 Å². The summed E-state index contributed by atoms with van der Waals surface area (Å²) in [5.41, 5.74) is 0. The molecule has 0 unspecified atom stereocenters. The lowest BCUT2D eigenvalue weighted by atomic mass is 10.1. The van der Waals surface area contributed by atoms with Gasteiger partial charge in [-0.3, -0.25) is 0 Å². The first kappa shape index (κ1) is 21.0. The maximum Gasteiger partial charge on any atom is 0.342 e. The summed E-state index contributed by atoms with van der Waals surface area (Å²) in [7, 11) is 0. The first-order chi connectivity index (χ1) is 9.98. The van der Waals surface area contributed by atoms with Crippen LogP contribution in [-0.4, -0.2) is 16.9 Å². The third kappa shape index (κ3) is 14.7. The lowest BCUT2D eigenvalue weighted by Gasteiger charge is -2.12. The Morgan fingerprint density at radius 2 is 1.19 bits per heavy atom. The zero-order valence-corrected chi connectivity index (χ0v) is 15.3. The Bertz CT molecular complexity index is 250. The predicted octanol–water partition coefficient (Wildman–Crippen LogP) is 6.42. The topological polar surface area (TPSA) is 26.3 Å². The molecule has 0 saturated carbocycles. The number of esters is 1. The lowest BCUT2D eigenvalue weighted by molar-refractivity contribution is -0.144. The molecule has 0 bridgehead atoms. The van der Waals surface area contributed by atoms with Crippen molar-refractivity contribution in [2.75, 3.05) is 6.61 Å². The first-order valence-corrected chi connectivity index (χ1v) is 9.29. The van der Waals surface area contributed by atoms with Crippen molar-refractivity contribution in [1.82, 2.24) is 0 Å². The zero-order valence-electron chi connectivity index (χ0n) is 13.8. The van der Waals surface area contributed by atoms with Crippen LogP contribution < -0.4 is 0 Å². The van der Waals surface area contributed by atoms with E-state index in [1.807, 2.05) is 0 Å². The number of alkyl halides is 2. The quantitative estimate of drug-likeness (QED) is 0.207. The number of halogens is 2. The Balaban J connectivity index is 3.14. The maximum atomic E-state index is 11.3. The monoisotopic (exact) mass is 338 g/mol. The number of ether oxygens (including phenoxy) is 1. The Kier molecular flexibility index (Phi) is 13.7. The molecule has 0 heterocycles. The van der Waals surface area contributed by atoms with Gasteiger partial charge in [-0.1, -0.05) is 101 Å². The third-order valence-corrected chi connectivity index (χ3v) is 3.90. The SMILES string of the molecule is CCCCCCCCCCCCCCOC(=O)C(C)(Cl)Cl. The predicted molar refractivity (Wildman–Crippen MR) is 92.1 cm³/mol. The van der Waals surface area contributed by atoms with Crippen molar-refractivity contribution >= 4 is 29.2 Å². The van der Waals surface area contributed by atoms with Gasteiger partial charge in [-0.2, -0.15) is 0 Å². The fourth-order valence-corrected chi connectivity index (χ4v) is 2.34. The highest BCUT2D eigenvalue weighted by molar-refractivity contribution is 6.57. The molecule has 0 aromatic heterocycles. The largest absolute Gasteiger partial charge is 0.463 e. The van der Waals surface area contributed by atoms with Crippen LogP contribution in [0.1, 0.15) is 90.9 Å². The number of hydrogen-bond acceptors (Lipinski definition) is 2. The highest BCUT2D eigenvalue weighted by Crippen LogP contribution is 2.21. The highest BCUT2D eigenvalue weighted by Gasteiger charge is 2.28. The van der Waals surface area contributed by atoms with Crippen molar-refractivity contribution < 1.29 is 9.53 Å². The number of unbranched alkanes of at least 4 members (excludes halogenated alkanes) is 11. The molecular formula is C17H32Cl2O2. The molecule has 126 valence electrons. The van der Waals surface area contributed by atoms with Crippen LogP contribution in [-0.2, 0) is 9.53 Å². The van der Waals surface area contributed by atoms with Gasteiger partial charge in [-0.05, 0) is 13.3 Å². The zero-order chi connectivity index (χ0) is 16.0. The van der Waals surface area contributed by atoms with Crippen LogP contribution in [0.25, 0.3) is 0 Å². The summed E-state index contributed by atoms with van der Waals surface area (Å²) >= 11 is 11.3. The first-order valence-electron chi connectivity index (χ1n) is 8.53. The van der Waals surface area contributed by atoms with Gasteiger partial charge in [0.1, 0.15) is 0 Å². The average molecular weight is 339 g/mol. The van der Waals surface area contributed by atoms with Crippen LogP contribution in [0.3, 0.4) is 0 Å². The van der Waals surface area contributed by atoms with Gasteiger partial charge in [0.25, 0.3) is 0 Å². The molecule has 0 aliphatic rings. The van der Waals surface area contributed by atoms with Crippen molar-refractivity contribution in [2.45, 2.75) is 95.2 Å². The maximum absolute atomic E-state index is 11.3. The van der Waals surface area contributed by atoms with Crippen LogP contribution in [0.5, 0.6) is 0 Å². The molecule has 2 nitrogen and oxygen atoms in total. The minimum atomic E-state index is -1.42. The molecule has 4 heteroatoms. The second-order valence-electron chi connectivity index (χ2n) is 5.91. The van der Waals surface area contributed by atoms with Crippen LogP contribution in [0.4, 0.5) is 0 Å². The van der Waals surface area contributed by atoms with E-state index < -0.39 is 10.3 Å². The van der Waals surface area contributed by atoms with Gasteiger partial charge in [0.05, 0.1) is 6.61 Å². The second kappa shape index (κ2) is 13.7. The van der Waals surface area contributed by atoms with Gasteiger partial charge >= 0.3 is 5.97 Å². The number of carbonyl (C=O) groups is 1. The summed E-state index contributed by atoms with van der Waals surface area (Å²) in [6, 6.07) is 0. The summed E-state index contributed by atoms with van der Waals surface area (Å²) in [6.07, 6.45) is 15.5. The molecule has 0 aromatic rings. The Morgan fingerprint density at radius 3 is 1.57 bits per heavy atom. The van der Waals surface area contributed by atoms with Gasteiger partial charge < -0.3 is 4.74 Å². The van der Waals surface area contributed by atoms with E-state index in [0.717, 1.165) is 12.8 Å². The Hall–Kier alpha value is 0.0500. The fourth-order valence-electron chi connectivity index (χ4n) is 2.23. The van der Waals surface area contributed by atoms with Crippen LogP contribution in [0, 0.1) is 0 Å². The minimum absolute atomic E-state index is 0.422. The van der Waals surface area contributed by atoms with Crippen LogP contribution in [0.2, 0.25) is 0 Å². The van der Waals surface area contributed by atoms with Crippen molar-refractivity contribution in [3.05, 3.63) is 0 Å². The molecule has 0 atom stereocenters. The van der Waals surface area contributed by atoms with E-state index in [0.29, 0.717) is 6.61 Å². The van der Waals surface area contributed by atoms with Gasteiger partial charge in [0, 0.05) is 0 Å². The van der Waals surface area contributed by atoms with Gasteiger partial charge in [-0.25, -0.2) is 4.79 Å².